The second-order valence-electron chi connectivity index (χ2n) is 7.94. The lowest BCUT2D eigenvalue weighted by Crippen LogP contribution is -2.34. The fourth-order valence-electron chi connectivity index (χ4n) is 4.43. The number of benzene rings is 3. The third kappa shape index (κ3) is 3.91. The van der Waals surface area contributed by atoms with Gasteiger partial charge in [0.15, 0.2) is 4.90 Å². The van der Waals surface area contributed by atoms with Crippen molar-refractivity contribution in [2.45, 2.75) is 17.0 Å². The molecule has 4 aromatic rings. The van der Waals surface area contributed by atoms with E-state index in [1.807, 2.05) is 0 Å². The van der Waals surface area contributed by atoms with Crippen LogP contribution < -0.4 is 9.86 Å². The maximum Gasteiger partial charge on any atom is 0.271 e. The van der Waals surface area contributed by atoms with Gasteiger partial charge in [0, 0.05) is 16.1 Å². The van der Waals surface area contributed by atoms with Crippen LogP contribution in [0.5, 0.6) is 0 Å². The third-order valence-electron chi connectivity index (χ3n) is 5.88. The van der Waals surface area contributed by atoms with Crippen LogP contribution in [0.1, 0.15) is 23.2 Å². The van der Waals surface area contributed by atoms with E-state index < -0.39 is 44.2 Å². The van der Waals surface area contributed by atoms with Gasteiger partial charge in [0.2, 0.25) is 0 Å². The first-order valence-corrected chi connectivity index (χ1v) is 12.6. The SMILES string of the molecule is O=c1cccc2n1[C@@H](c1ccc(Cl)cc1)[C@@H](c1ccc(Cl)cc1)N2S(=O)(=O)c1c(F)cccc1F. The molecule has 5 rings (SSSR count). The van der Waals surface area contributed by atoms with Crippen molar-refractivity contribution in [3.63, 3.8) is 0 Å². The van der Waals surface area contributed by atoms with E-state index in [0.29, 0.717) is 21.2 Å². The number of anilines is 1. The molecule has 5 nitrogen and oxygen atoms in total. The number of pyridine rings is 1. The average Bonchev–Trinajstić information content (AvgIpc) is 3.17. The maximum absolute atomic E-state index is 14.8. The van der Waals surface area contributed by atoms with Gasteiger partial charge >= 0.3 is 0 Å². The molecule has 1 aliphatic heterocycles. The van der Waals surface area contributed by atoms with Crippen LogP contribution in [0.25, 0.3) is 0 Å². The molecule has 0 aliphatic carbocycles. The van der Waals surface area contributed by atoms with E-state index in [4.69, 9.17) is 23.2 Å². The standard InChI is InChI=1S/C25H16Cl2F2N2O3S/c26-17-11-7-15(8-12-17)23-24(16-9-13-18(27)14-10-16)31(21-5-2-6-22(32)30(21)23)35(33,34)25-19(28)3-1-4-20(25)29/h1-14,23-24H/t23-,24+/m0/s1. The Labute approximate surface area is 209 Å². The number of sulfonamides is 1. The summed E-state index contributed by atoms with van der Waals surface area (Å²) in [6.45, 7) is 0. The Hall–Kier alpha value is -3.20. The largest absolute Gasteiger partial charge is 0.284 e. The van der Waals surface area contributed by atoms with Crippen molar-refractivity contribution in [1.82, 2.24) is 4.57 Å². The minimum Gasteiger partial charge on any atom is -0.284 e. The van der Waals surface area contributed by atoms with Crippen LogP contribution >= 0.6 is 23.2 Å². The lowest BCUT2D eigenvalue weighted by Gasteiger charge is -2.29. The van der Waals surface area contributed by atoms with Gasteiger partial charge in [-0.1, -0.05) is 59.6 Å². The van der Waals surface area contributed by atoms with Crippen LogP contribution in [0.15, 0.2) is 94.6 Å². The molecule has 0 bridgehead atoms. The van der Waals surface area contributed by atoms with Crippen LogP contribution in [-0.4, -0.2) is 13.0 Å². The summed E-state index contributed by atoms with van der Waals surface area (Å²) in [5.41, 5.74) is 0.571. The van der Waals surface area contributed by atoms with Gasteiger partial charge in [-0.05, 0) is 53.6 Å². The number of fused-ring (bicyclic) bond motifs is 1. The number of rotatable bonds is 4. The van der Waals surface area contributed by atoms with E-state index in [1.54, 1.807) is 48.5 Å². The van der Waals surface area contributed by atoms with Gasteiger partial charge in [-0.25, -0.2) is 21.5 Å². The molecule has 1 aromatic heterocycles. The van der Waals surface area contributed by atoms with Crippen LogP contribution in [0.3, 0.4) is 0 Å². The summed E-state index contributed by atoms with van der Waals surface area (Å²) < 4.78 is 59.5. The number of hydrogen-bond donors (Lipinski definition) is 0. The van der Waals surface area contributed by atoms with Gasteiger partial charge in [0.05, 0.1) is 12.1 Å². The minimum atomic E-state index is -4.82. The number of halogens is 4. The topological polar surface area (TPSA) is 59.4 Å². The van der Waals surface area contributed by atoms with Crippen LogP contribution in [0.4, 0.5) is 14.6 Å². The summed E-state index contributed by atoms with van der Waals surface area (Å²) in [5.74, 6) is -2.50. The first-order chi connectivity index (χ1) is 16.7. The molecule has 0 saturated heterocycles. The molecule has 35 heavy (non-hydrogen) atoms. The Morgan fingerprint density at radius 2 is 1.17 bits per heavy atom. The van der Waals surface area contributed by atoms with Crippen molar-refractivity contribution in [1.29, 1.82) is 0 Å². The Morgan fingerprint density at radius 1 is 0.686 bits per heavy atom. The molecule has 2 atom stereocenters. The second kappa shape index (κ2) is 8.78. The number of nitrogens with zero attached hydrogens (tertiary/aromatic N) is 2. The molecule has 0 N–H and O–H groups in total. The zero-order valence-electron chi connectivity index (χ0n) is 17.8. The Morgan fingerprint density at radius 3 is 1.71 bits per heavy atom. The molecule has 3 aromatic carbocycles. The minimum absolute atomic E-state index is 0.0277. The van der Waals surface area contributed by atoms with Crippen molar-refractivity contribution < 1.29 is 17.2 Å². The second-order valence-corrected chi connectivity index (χ2v) is 10.6. The highest BCUT2D eigenvalue weighted by molar-refractivity contribution is 7.92. The van der Waals surface area contributed by atoms with Gasteiger partial charge in [-0.15, -0.1) is 0 Å². The van der Waals surface area contributed by atoms with E-state index >= 15 is 0 Å². The van der Waals surface area contributed by atoms with Crippen LogP contribution in [0, 0.1) is 11.6 Å². The van der Waals surface area contributed by atoms with Crippen LogP contribution in [-0.2, 0) is 10.0 Å². The Bertz CT molecular complexity index is 1570. The predicted octanol–water partition coefficient (Wildman–Crippen LogP) is 5.97. The van der Waals surface area contributed by atoms with Crippen molar-refractivity contribution in [3.05, 3.63) is 128 Å². The molecular formula is C25H16Cl2F2N2O3S. The smallest absolute Gasteiger partial charge is 0.271 e. The molecule has 2 heterocycles. The highest BCUT2D eigenvalue weighted by Crippen LogP contribution is 2.49. The zero-order valence-corrected chi connectivity index (χ0v) is 20.1. The molecule has 0 radical (unpaired) electrons. The highest BCUT2D eigenvalue weighted by atomic mass is 35.5. The van der Waals surface area contributed by atoms with Crippen molar-refractivity contribution >= 4 is 39.0 Å². The monoisotopic (exact) mass is 532 g/mol. The van der Waals surface area contributed by atoms with Crippen molar-refractivity contribution in [2.24, 2.45) is 0 Å². The van der Waals surface area contributed by atoms with Crippen molar-refractivity contribution in [3.8, 4) is 0 Å². The molecule has 0 spiro atoms. The molecular weight excluding hydrogens is 517 g/mol. The molecule has 0 unspecified atom stereocenters. The first kappa shape index (κ1) is 23.5. The van der Waals surface area contributed by atoms with E-state index in [-0.39, 0.29) is 5.82 Å². The number of aromatic nitrogens is 1. The van der Waals surface area contributed by atoms with Gasteiger partial charge in [0.25, 0.3) is 15.6 Å². The molecule has 178 valence electrons. The van der Waals surface area contributed by atoms with Gasteiger partial charge in [-0.2, -0.15) is 0 Å². The van der Waals surface area contributed by atoms with Crippen LogP contribution in [0.2, 0.25) is 10.0 Å². The average molecular weight is 533 g/mol. The van der Waals surface area contributed by atoms with Gasteiger partial charge in [0.1, 0.15) is 17.5 Å². The highest BCUT2D eigenvalue weighted by Gasteiger charge is 2.48. The summed E-state index contributed by atoms with van der Waals surface area (Å²) >= 11 is 12.1. The van der Waals surface area contributed by atoms with E-state index in [2.05, 4.69) is 0 Å². The molecule has 0 saturated carbocycles. The Balaban J connectivity index is 1.85. The number of hydrogen-bond acceptors (Lipinski definition) is 3. The fourth-order valence-corrected chi connectivity index (χ4v) is 6.44. The van der Waals surface area contributed by atoms with Gasteiger partial charge < -0.3 is 0 Å². The summed E-state index contributed by atoms with van der Waals surface area (Å²) in [6, 6.07) is 18.0. The summed E-state index contributed by atoms with van der Waals surface area (Å²) in [7, 11) is -4.82. The fraction of sp³-hybridized carbons (Fsp3) is 0.0800. The Kier molecular flexibility index (Phi) is 5.91. The predicted molar refractivity (Wildman–Crippen MR) is 131 cm³/mol. The summed E-state index contributed by atoms with van der Waals surface area (Å²) in [6.07, 6.45) is 0. The van der Waals surface area contributed by atoms with E-state index in [0.717, 1.165) is 22.5 Å². The van der Waals surface area contributed by atoms with Crippen molar-refractivity contribution in [2.75, 3.05) is 4.31 Å². The zero-order chi connectivity index (χ0) is 24.9. The van der Waals surface area contributed by atoms with Gasteiger partial charge in [-0.3, -0.25) is 9.36 Å². The van der Waals surface area contributed by atoms with E-state index in [1.165, 1.54) is 22.8 Å². The maximum atomic E-state index is 14.8. The molecule has 0 amide bonds. The normalized spacial score (nSPS) is 17.4. The third-order valence-corrected chi connectivity index (χ3v) is 8.22. The van der Waals surface area contributed by atoms with E-state index in [9.17, 15) is 22.0 Å². The molecule has 10 heteroatoms. The molecule has 1 aliphatic rings. The summed E-state index contributed by atoms with van der Waals surface area (Å²) in [4.78, 5) is 12.0. The lowest BCUT2D eigenvalue weighted by atomic mass is 9.94. The molecule has 0 fully saturated rings. The first-order valence-electron chi connectivity index (χ1n) is 10.4. The quantitative estimate of drug-likeness (QED) is 0.325. The lowest BCUT2D eigenvalue weighted by molar-refractivity contribution is 0.506. The summed E-state index contributed by atoms with van der Waals surface area (Å²) in [5, 5.41) is 0.868.